The fourth-order valence-corrected chi connectivity index (χ4v) is 0. The fourth-order valence-electron chi connectivity index (χ4n) is 0. The zero-order valence-electron chi connectivity index (χ0n) is 1.31. The Morgan fingerprint density at radius 1 is 1.00 bits per heavy atom. The van der Waals surface area contributed by atoms with Crippen LogP contribution in [-0.4, -0.2) is 17.4 Å². The van der Waals surface area contributed by atoms with Crippen LogP contribution in [-0.2, 0) is 66.8 Å². The van der Waals surface area contributed by atoms with Crippen molar-refractivity contribution in [3.8, 4) is 0 Å². The standard InChI is InChI=1S/Al.Fe.Mn.Y.3H. The molecule has 0 aliphatic heterocycles. The van der Waals surface area contributed by atoms with Crippen LogP contribution in [0.5, 0.6) is 0 Å². The first-order valence-corrected chi connectivity index (χ1v) is 0. The Morgan fingerprint density at radius 3 is 1.00 bits per heavy atom. The minimum Gasteiger partial charge on any atom is 0 e. The van der Waals surface area contributed by atoms with Crippen LogP contribution in [0.3, 0.4) is 0 Å². The van der Waals surface area contributed by atoms with Crippen LogP contribution in [0.1, 0.15) is 0 Å². The van der Waals surface area contributed by atoms with E-state index in [1.54, 1.807) is 0 Å². The van der Waals surface area contributed by atoms with Crippen molar-refractivity contribution in [3.05, 3.63) is 0 Å². The largest absolute Gasteiger partial charge is 0.187 e. The molecule has 0 saturated carbocycles. The van der Waals surface area contributed by atoms with Crippen molar-refractivity contribution in [1.29, 1.82) is 0 Å². The normalized spacial score (nSPS) is 0. The van der Waals surface area contributed by atoms with Gasteiger partial charge in [-0.3, -0.25) is 0 Å². The summed E-state index contributed by atoms with van der Waals surface area (Å²) in [6.07, 6.45) is 0. The second-order valence-corrected chi connectivity index (χ2v) is 0. The Hall–Kier alpha value is 2.68. The monoisotopic (exact) mass is 230 g/mol. The predicted octanol–water partition coefficient (Wildman–Crippen LogP) is -1.19. The summed E-state index contributed by atoms with van der Waals surface area (Å²) < 4.78 is 0. The van der Waals surface area contributed by atoms with Crippen LogP contribution < -0.4 is 0 Å². The molecule has 0 heterocycles. The van der Waals surface area contributed by atoms with E-state index in [0.29, 0.717) is 0 Å². The Morgan fingerprint density at radius 2 is 1.00 bits per heavy atom. The zero-order chi connectivity index (χ0) is 0. The minimum atomic E-state index is 0. The molecule has 0 spiro atoms. The van der Waals surface area contributed by atoms with Gasteiger partial charge in [-0.15, -0.1) is 0 Å². The van der Waals surface area contributed by atoms with E-state index >= 15 is 0 Å². The van der Waals surface area contributed by atoms with Gasteiger partial charge in [-0.1, -0.05) is 0 Å². The van der Waals surface area contributed by atoms with Crippen molar-refractivity contribution in [2.45, 2.75) is 0 Å². The summed E-state index contributed by atoms with van der Waals surface area (Å²) in [6, 6.07) is 0. The molecule has 24 valence electrons. The van der Waals surface area contributed by atoms with E-state index in [4.69, 9.17) is 0 Å². The molecule has 0 aromatic rings. The molecular formula is H3AlFeMnY. The Bertz CT molecular complexity index is 8.00. The molecule has 0 aliphatic rings. The first-order chi connectivity index (χ1) is 0. The average molecular weight is 230 g/mol. The first-order valence-electron chi connectivity index (χ1n) is 0. The van der Waals surface area contributed by atoms with Crippen LogP contribution >= 0.6 is 0 Å². The van der Waals surface area contributed by atoms with Gasteiger partial charge in [0, 0.05) is 66.8 Å². The van der Waals surface area contributed by atoms with E-state index in [-0.39, 0.29) is 84.2 Å². The number of hydrogen-bond donors (Lipinski definition) is 0. The van der Waals surface area contributed by atoms with Gasteiger partial charge in [0.1, 0.15) is 0 Å². The molecule has 0 aromatic heterocycles. The predicted molar refractivity (Wildman–Crippen MR) is 9.94 cm³/mol. The van der Waals surface area contributed by atoms with Gasteiger partial charge in [0.2, 0.25) is 0 Å². The molecular weight excluding hydrogens is 227 g/mol. The van der Waals surface area contributed by atoms with Crippen LogP contribution in [0.25, 0.3) is 0 Å². The van der Waals surface area contributed by atoms with Crippen molar-refractivity contribution in [3.63, 3.8) is 0 Å². The van der Waals surface area contributed by atoms with E-state index in [1.807, 2.05) is 0 Å². The van der Waals surface area contributed by atoms with Crippen LogP contribution in [0.4, 0.5) is 0 Å². The quantitative estimate of drug-likeness (QED) is 0.459. The van der Waals surface area contributed by atoms with E-state index < -0.39 is 0 Å². The van der Waals surface area contributed by atoms with Gasteiger partial charge in [-0.25, -0.2) is 0 Å². The Balaban J connectivity index is 0. The van der Waals surface area contributed by atoms with Crippen LogP contribution in [0, 0.1) is 0 Å². The smallest absolute Gasteiger partial charge is 0 e. The van der Waals surface area contributed by atoms with Crippen LogP contribution in [0.2, 0.25) is 0 Å². The Labute approximate surface area is 82.8 Å². The summed E-state index contributed by atoms with van der Waals surface area (Å²) >= 11 is 0. The third-order valence-corrected chi connectivity index (χ3v) is 0. The maximum atomic E-state index is 0. The van der Waals surface area contributed by atoms with E-state index in [0.717, 1.165) is 0 Å². The molecule has 0 N–H and O–H groups in total. The molecule has 0 nitrogen and oxygen atoms in total. The van der Waals surface area contributed by atoms with Gasteiger partial charge >= 0.3 is 0 Å². The van der Waals surface area contributed by atoms with Crippen molar-refractivity contribution in [2.75, 3.05) is 0 Å². The second-order valence-electron chi connectivity index (χ2n) is 0. The molecule has 0 saturated heterocycles. The Kier molecular flexibility index (Phi) is 130. The molecule has 2 radical (unpaired) electrons. The zero-order valence-corrected chi connectivity index (χ0v) is 6.43. The minimum absolute atomic E-state index is 0. The molecule has 0 amide bonds. The van der Waals surface area contributed by atoms with E-state index in [2.05, 4.69) is 0 Å². The third kappa shape index (κ3) is 8.82. The van der Waals surface area contributed by atoms with Crippen molar-refractivity contribution < 1.29 is 66.8 Å². The molecule has 0 aliphatic carbocycles. The summed E-state index contributed by atoms with van der Waals surface area (Å²) in [5.74, 6) is 0. The molecule has 0 atom stereocenters. The molecule has 4 heavy (non-hydrogen) atoms. The summed E-state index contributed by atoms with van der Waals surface area (Å²) in [4.78, 5) is 0. The maximum Gasteiger partial charge on any atom is 0.187 e. The fraction of sp³-hybridized carbons (Fsp3) is 0. The second kappa shape index (κ2) is 17.3. The van der Waals surface area contributed by atoms with Gasteiger partial charge in [0.15, 0.2) is 17.4 Å². The maximum absolute atomic E-state index is 0. The first kappa shape index (κ1) is 30.0. The molecule has 0 unspecified atom stereocenters. The summed E-state index contributed by atoms with van der Waals surface area (Å²) in [7, 11) is 0. The molecule has 4 heteroatoms. The van der Waals surface area contributed by atoms with Crippen molar-refractivity contribution >= 4 is 17.4 Å². The average Bonchev–Trinajstić information content (AvgIpc) is 0. The van der Waals surface area contributed by atoms with E-state index in [1.165, 1.54) is 0 Å². The number of rotatable bonds is 0. The summed E-state index contributed by atoms with van der Waals surface area (Å²) in [5, 5.41) is 0. The summed E-state index contributed by atoms with van der Waals surface area (Å²) in [5.41, 5.74) is 0. The topological polar surface area (TPSA) is 0 Å². The molecule has 0 aromatic carbocycles. The van der Waals surface area contributed by atoms with E-state index in [9.17, 15) is 0 Å². The molecule has 0 bridgehead atoms. The van der Waals surface area contributed by atoms with Gasteiger partial charge < -0.3 is 0 Å². The van der Waals surface area contributed by atoms with Crippen molar-refractivity contribution in [2.24, 2.45) is 0 Å². The van der Waals surface area contributed by atoms with Gasteiger partial charge in [0.05, 0.1) is 0 Å². The molecule has 0 rings (SSSR count). The van der Waals surface area contributed by atoms with Crippen molar-refractivity contribution in [1.82, 2.24) is 0 Å². The van der Waals surface area contributed by atoms with Gasteiger partial charge in [-0.2, -0.15) is 0 Å². The van der Waals surface area contributed by atoms with Gasteiger partial charge in [-0.05, 0) is 0 Å². The number of hydrogen-bond acceptors (Lipinski definition) is 0. The van der Waals surface area contributed by atoms with Gasteiger partial charge in [0.25, 0.3) is 0 Å². The van der Waals surface area contributed by atoms with Crippen LogP contribution in [0.15, 0.2) is 0 Å². The summed E-state index contributed by atoms with van der Waals surface area (Å²) in [6.45, 7) is 0. The SMILES string of the molecule is [AlH3].[Fe].[Mn].[Y]. The molecule has 0 fully saturated rings. The third-order valence-electron chi connectivity index (χ3n) is 0.